The molecule has 0 unspecified atom stereocenters. The van der Waals surface area contributed by atoms with E-state index < -0.39 is 0 Å². The zero-order chi connectivity index (χ0) is 12.6. The molecule has 3 heteroatoms. The van der Waals surface area contributed by atoms with Gasteiger partial charge in [0, 0.05) is 12.7 Å². The Hall–Kier alpha value is -1.40. The van der Waals surface area contributed by atoms with Gasteiger partial charge in [0.1, 0.15) is 0 Å². The van der Waals surface area contributed by atoms with Crippen LogP contribution in [0.15, 0.2) is 24.4 Å². The van der Waals surface area contributed by atoms with Gasteiger partial charge in [0.25, 0.3) is 0 Å². The Bertz CT molecular complexity index is 351. The molecule has 1 aromatic rings. The number of hydrogen-bond donors (Lipinski definition) is 1. The predicted octanol–water partition coefficient (Wildman–Crippen LogP) is 2.89. The molecule has 0 amide bonds. The van der Waals surface area contributed by atoms with Crippen molar-refractivity contribution >= 4 is 0 Å². The van der Waals surface area contributed by atoms with Crippen molar-refractivity contribution in [3.8, 4) is 6.07 Å². The zero-order valence-corrected chi connectivity index (χ0v) is 10.7. The first-order valence-corrected chi connectivity index (χ1v) is 6.16. The lowest BCUT2D eigenvalue weighted by Crippen LogP contribution is -2.16. The van der Waals surface area contributed by atoms with Gasteiger partial charge in [-0.1, -0.05) is 12.5 Å². The van der Waals surface area contributed by atoms with Crippen molar-refractivity contribution in [2.45, 2.75) is 39.7 Å². The van der Waals surface area contributed by atoms with E-state index in [1.807, 2.05) is 38.2 Å². The van der Waals surface area contributed by atoms with E-state index in [1.165, 1.54) is 0 Å². The first kappa shape index (κ1) is 13.7. The Morgan fingerprint density at radius 1 is 1.35 bits per heavy atom. The molecular formula is C14H21N3. The van der Waals surface area contributed by atoms with E-state index in [0.717, 1.165) is 38.0 Å². The zero-order valence-electron chi connectivity index (χ0n) is 10.7. The molecule has 0 aliphatic carbocycles. The Morgan fingerprint density at radius 3 is 2.82 bits per heavy atom. The number of nitrogens with zero attached hydrogens (tertiary/aromatic N) is 2. The molecule has 3 nitrogen and oxygen atoms in total. The second-order valence-corrected chi connectivity index (χ2v) is 4.95. The van der Waals surface area contributed by atoms with Crippen LogP contribution in [0.3, 0.4) is 0 Å². The topological polar surface area (TPSA) is 48.7 Å². The molecule has 0 bridgehead atoms. The normalized spacial score (nSPS) is 11.1. The highest BCUT2D eigenvalue weighted by atomic mass is 14.9. The highest BCUT2D eigenvalue weighted by Crippen LogP contribution is 2.21. The lowest BCUT2D eigenvalue weighted by Gasteiger charge is -2.14. The summed E-state index contributed by atoms with van der Waals surface area (Å²) in [5, 5.41) is 12.2. The third-order valence-corrected chi connectivity index (χ3v) is 2.74. The average Bonchev–Trinajstić information content (AvgIpc) is 2.35. The summed E-state index contributed by atoms with van der Waals surface area (Å²) >= 11 is 0. The maximum atomic E-state index is 8.87. The largest absolute Gasteiger partial charge is 0.311 e. The maximum absolute atomic E-state index is 8.87. The van der Waals surface area contributed by atoms with Crippen LogP contribution in [0.2, 0.25) is 0 Å². The van der Waals surface area contributed by atoms with Crippen molar-refractivity contribution in [2.75, 3.05) is 6.54 Å². The number of pyridine rings is 1. The molecule has 0 atom stereocenters. The molecule has 0 aromatic carbocycles. The molecule has 0 saturated heterocycles. The van der Waals surface area contributed by atoms with E-state index in [0.29, 0.717) is 0 Å². The summed E-state index contributed by atoms with van der Waals surface area (Å²) < 4.78 is 0. The van der Waals surface area contributed by atoms with E-state index in [-0.39, 0.29) is 5.41 Å². The fourth-order valence-corrected chi connectivity index (χ4v) is 1.59. The third kappa shape index (κ3) is 6.03. The van der Waals surface area contributed by atoms with E-state index in [2.05, 4.69) is 16.4 Å². The van der Waals surface area contributed by atoms with E-state index in [4.69, 9.17) is 5.26 Å². The average molecular weight is 231 g/mol. The lowest BCUT2D eigenvalue weighted by atomic mass is 9.89. The van der Waals surface area contributed by atoms with Crippen LogP contribution in [-0.2, 0) is 6.54 Å². The summed E-state index contributed by atoms with van der Waals surface area (Å²) in [6, 6.07) is 8.27. The van der Waals surface area contributed by atoms with Crippen LogP contribution in [-0.4, -0.2) is 11.5 Å². The molecule has 1 aromatic heterocycles. The molecule has 0 saturated carbocycles. The van der Waals surface area contributed by atoms with Gasteiger partial charge >= 0.3 is 0 Å². The summed E-state index contributed by atoms with van der Waals surface area (Å²) in [4.78, 5) is 4.24. The molecule has 0 radical (unpaired) electrons. The van der Waals surface area contributed by atoms with E-state index in [1.54, 1.807) is 0 Å². The highest BCUT2D eigenvalue weighted by molar-refractivity contribution is 5.02. The second kappa shape index (κ2) is 7.03. The quantitative estimate of drug-likeness (QED) is 0.734. The Kier molecular flexibility index (Phi) is 5.65. The summed E-state index contributed by atoms with van der Waals surface area (Å²) in [7, 11) is 0. The summed E-state index contributed by atoms with van der Waals surface area (Å²) in [5.41, 5.74) is 0.894. The van der Waals surface area contributed by atoms with Gasteiger partial charge in [-0.05, 0) is 45.4 Å². The molecule has 0 aliphatic heterocycles. The monoisotopic (exact) mass is 231 g/mol. The van der Waals surface area contributed by atoms with Crippen LogP contribution < -0.4 is 5.32 Å². The fourth-order valence-electron chi connectivity index (χ4n) is 1.59. The van der Waals surface area contributed by atoms with Crippen molar-refractivity contribution in [1.82, 2.24) is 10.3 Å². The predicted molar refractivity (Wildman–Crippen MR) is 69.2 cm³/mol. The van der Waals surface area contributed by atoms with Gasteiger partial charge in [0.05, 0.1) is 17.2 Å². The van der Waals surface area contributed by atoms with Gasteiger partial charge in [-0.15, -0.1) is 0 Å². The molecule has 0 spiro atoms. The van der Waals surface area contributed by atoms with Crippen LogP contribution in [0, 0.1) is 16.7 Å². The van der Waals surface area contributed by atoms with E-state index >= 15 is 0 Å². The standard InChI is InChI=1S/C14H21N3/c1-14(2,12-15)8-4-6-9-16-11-13-7-3-5-10-17-13/h3,5,7,10,16H,4,6,8-9,11H2,1-2H3. The van der Waals surface area contributed by atoms with Gasteiger partial charge in [-0.25, -0.2) is 0 Å². The summed E-state index contributed by atoms with van der Waals surface area (Å²) in [6.07, 6.45) is 4.98. The van der Waals surface area contributed by atoms with Gasteiger partial charge < -0.3 is 5.32 Å². The minimum Gasteiger partial charge on any atom is -0.311 e. The Labute approximate surface area is 104 Å². The van der Waals surface area contributed by atoms with Gasteiger partial charge in [0.2, 0.25) is 0 Å². The maximum Gasteiger partial charge on any atom is 0.0683 e. The first-order valence-electron chi connectivity index (χ1n) is 6.16. The van der Waals surface area contributed by atoms with Crippen LogP contribution in [0.5, 0.6) is 0 Å². The molecule has 92 valence electrons. The molecule has 17 heavy (non-hydrogen) atoms. The minimum absolute atomic E-state index is 0.180. The Morgan fingerprint density at radius 2 is 2.18 bits per heavy atom. The minimum atomic E-state index is -0.180. The number of aromatic nitrogens is 1. The van der Waals surface area contributed by atoms with Crippen LogP contribution in [0.25, 0.3) is 0 Å². The number of rotatable bonds is 7. The number of hydrogen-bond acceptors (Lipinski definition) is 3. The SMILES string of the molecule is CC(C)(C#N)CCCCNCc1ccccn1. The van der Waals surface area contributed by atoms with Crippen molar-refractivity contribution in [3.63, 3.8) is 0 Å². The first-order chi connectivity index (χ1) is 8.14. The lowest BCUT2D eigenvalue weighted by molar-refractivity contribution is 0.422. The smallest absolute Gasteiger partial charge is 0.0683 e. The molecule has 0 aliphatic rings. The second-order valence-electron chi connectivity index (χ2n) is 4.95. The molecule has 1 heterocycles. The van der Waals surface area contributed by atoms with Crippen molar-refractivity contribution in [3.05, 3.63) is 30.1 Å². The van der Waals surface area contributed by atoms with Gasteiger partial charge in [0.15, 0.2) is 0 Å². The third-order valence-electron chi connectivity index (χ3n) is 2.74. The number of unbranched alkanes of at least 4 members (excludes halogenated alkanes) is 1. The summed E-state index contributed by atoms with van der Waals surface area (Å²) in [5.74, 6) is 0. The number of nitrogens with one attached hydrogen (secondary N) is 1. The van der Waals surface area contributed by atoms with Crippen LogP contribution >= 0.6 is 0 Å². The molecular weight excluding hydrogens is 210 g/mol. The number of nitriles is 1. The van der Waals surface area contributed by atoms with Gasteiger partial charge in [-0.3, -0.25) is 4.98 Å². The summed E-state index contributed by atoms with van der Waals surface area (Å²) in [6.45, 7) is 5.79. The highest BCUT2D eigenvalue weighted by Gasteiger charge is 2.15. The van der Waals surface area contributed by atoms with E-state index in [9.17, 15) is 0 Å². The van der Waals surface area contributed by atoms with Gasteiger partial charge in [-0.2, -0.15) is 5.26 Å². The van der Waals surface area contributed by atoms with Crippen molar-refractivity contribution in [1.29, 1.82) is 5.26 Å². The fraction of sp³-hybridized carbons (Fsp3) is 0.571. The van der Waals surface area contributed by atoms with Crippen molar-refractivity contribution in [2.24, 2.45) is 5.41 Å². The Balaban J connectivity index is 2.04. The molecule has 1 rings (SSSR count). The van der Waals surface area contributed by atoms with Crippen LogP contribution in [0.1, 0.15) is 38.8 Å². The van der Waals surface area contributed by atoms with Crippen LogP contribution in [0.4, 0.5) is 0 Å². The molecule has 0 fully saturated rings. The van der Waals surface area contributed by atoms with Crippen molar-refractivity contribution < 1.29 is 0 Å². The molecule has 1 N–H and O–H groups in total.